The number of esters is 2. The van der Waals surface area contributed by atoms with Crippen LogP contribution in [0.5, 0.6) is 0 Å². The van der Waals surface area contributed by atoms with Crippen molar-refractivity contribution in [2.75, 3.05) is 37.5 Å². The number of hydrogen-bond donors (Lipinski definition) is 1. The van der Waals surface area contributed by atoms with Gasteiger partial charge in [0.15, 0.2) is 0 Å². The van der Waals surface area contributed by atoms with Gasteiger partial charge < -0.3 is 19.7 Å². The standard InChI is InChI=1S/C16H22N2O5/c1-12(19)18(11-9-16(21)23-3)14-7-5-4-6-13(14)17-10-8-15(20)22-2/h4-7,17H,8-11H2,1-3H3. The molecular weight excluding hydrogens is 300 g/mol. The van der Waals surface area contributed by atoms with Crippen molar-refractivity contribution < 1.29 is 23.9 Å². The molecule has 0 heterocycles. The lowest BCUT2D eigenvalue weighted by Crippen LogP contribution is -2.31. The number of amides is 1. The molecule has 7 nitrogen and oxygen atoms in total. The first-order valence-corrected chi connectivity index (χ1v) is 7.24. The van der Waals surface area contributed by atoms with Gasteiger partial charge in [-0.1, -0.05) is 12.1 Å². The number of anilines is 2. The van der Waals surface area contributed by atoms with Crippen LogP contribution in [0.4, 0.5) is 11.4 Å². The Hall–Kier alpha value is -2.57. The number of nitrogens with one attached hydrogen (secondary N) is 1. The second-order valence-electron chi connectivity index (χ2n) is 4.77. The first-order valence-electron chi connectivity index (χ1n) is 7.24. The number of para-hydroxylation sites is 2. The van der Waals surface area contributed by atoms with Crippen molar-refractivity contribution in [3.8, 4) is 0 Å². The first kappa shape index (κ1) is 18.5. The maximum atomic E-state index is 11.9. The summed E-state index contributed by atoms with van der Waals surface area (Å²) < 4.78 is 9.19. The number of carbonyl (C=O) groups excluding carboxylic acids is 3. The van der Waals surface area contributed by atoms with E-state index >= 15 is 0 Å². The summed E-state index contributed by atoms with van der Waals surface area (Å²) in [7, 11) is 2.64. The minimum atomic E-state index is -0.382. The molecule has 0 spiro atoms. The summed E-state index contributed by atoms with van der Waals surface area (Å²) in [5.41, 5.74) is 1.35. The van der Waals surface area contributed by atoms with Gasteiger partial charge in [-0.05, 0) is 12.1 Å². The molecule has 0 aliphatic rings. The molecule has 0 aliphatic carbocycles. The lowest BCUT2D eigenvalue weighted by molar-refractivity contribution is -0.141. The number of rotatable bonds is 8. The lowest BCUT2D eigenvalue weighted by Gasteiger charge is -2.24. The fourth-order valence-electron chi connectivity index (χ4n) is 2.01. The van der Waals surface area contributed by atoms with Gasteiger partial charge in [-0.25, -0.2) is 0 Å². The van der Waals surface area contributed by atoms with Gasteiger partial charge in [0, 0.05) is 20.0 Å². The van der Waals surface area contributed by atoms with Crippen LogP contribution in [0, 0.1) is 0 Å². The van der Waals surface area contributed by atoms with E-state index < -0.39 is 0 Å². The molecule has 1 rings (SSSR count). The maximum absolute atomic E-state index is 11.9. The number of carbonyl (C=O) groups is 3. The van der Waals surface area contributed by atoms with E-state index in [0.29, 0.717) is 17.9 Å². The van der Waals surface area contributed by atoms with Gasteiger partial charge in [0.25, 0.3) is 0 Å². The van der Waals surface area contributed by atoms with E-state index in [4.69, 9.17) is 0 Å². The van der Waals surface area contributed by atoms with Crippen molar-refractivity contribution >= 4 is 29.2 Å². The molecule has 0 aromatic heterocycles. The molecule has 0 saturated heterocycles. The summed E-state index contributed by atoms with van der Waals surface area (Å²) in [5.74, 6) is -0.882. The van der Waals surface area contributed by atoms with E-state index in [1.54, 1.807) is 18.2 Å². The van der Waals surface area contributed by atoms with Crippen molar-refractivity contribution in [3.05, 3.63) is 24.3 Å². The minimum absolute atomic E-state index is 0.104. The lowest BCUT2D eigenvalue weighted by atomic mass is 10.2. The van der Waals surface area contributed by atoms with Crippen molar-refractivity contribution in [1.82, 2.24) is 0 Å². The van der Waals surface area contributed by atoms with Gasteiger partial charge in [-0.15, -0.1) is 0 Å². The number of hydrogen-bond acceptors (Lipinski definition) is 6. The highest BCUT2D eigenvalue weighted by molar-refractivity contribution is 5.95. The van der Waals surface area contributed by atoms with E-state index in [0.717, 1.165) is 0 Å². The molecule has 23 heavy (non-hydrogen) atoms. The van der Waals surface area contributed by atoms with Crippen LogP contribution in [0.15, 0.2) is 24.3 Å². The molecule has 1 N–H and O–H groups in total. The van der Waals surface area contributed by atoms with Crippen LogP contribution in [0.25, 0.3) is 0 Å². The molecule has 1 aromatic carbocycles. The molecule has 0 aliphatic heterocycles. The van der Waals surface area contributed by atoms with E-state index in [1.807, 2.05) is 6.07 Å². The Balaban J connectivity index is 2.83. The molecule has 7 heteroatoms. The van der Waals surface area contributed by atoms with Crippen LogP contribution in [-0.2, 0) is 23.9 Å². The summed E-state index contributed by atoms with van der Waals surface area (Å²) in [6, 6.07) is 7.21. The molecular formula is C16H22N2O5. The summed E-state index contributed by atoms with van der Waals surface area (Å²) >= 11 is 0. The monoisotopic (exact) mass is 322 g/mol. The van der Waals surface area contributed by atoms with Crippen molar-refractivity contribution in [3.63, 3.8) is 0 Å². The number of nitrogens with zero attached hydrogens (tertiary/aromatic N) is 1. The highest BCUT2D eigenvalue weighted by atomic mass is 16.5. The van der Waals surface area contributed by atoms with E-state index in [9.17, 15) is 14.4 Å². The third kappa shape index (κ3) is 5.98. The van der Waals surface area contributed by atoms with Gasteiger partial charge in [-0.3, -0.25) is 14.4 Å². The third-order valence-electron chi connectivity index (χ3n) is 3.21. The van der Waals surface area contributed by atoms with Crippen LogP contribution in [0.1, 0.15) is 19.8 Å². The molecule has 0 bridgehead atoms. The van der Waals surface area contributed by atoms with Crippen molar-refractivity contribution in [2.45, 2.75) is 19.8 Å². The Morgan fingerprint density at radius 1 is 1.04 bits per heavy atom. The maximum Gasteiger partial charge on any atom is 0.307 e. The predicted octanol–water partition coefficient (Wildman–Crippen LogP) is 1.58. The molecule has 1 amide bonds. The summed E-state index contributed by atoms with van der Waals surface area (Å²) in [6.45, 7) is 2.03. The smallest absolute Gasteiger partial charge is 0.307 e. The molecule has 1 aromatic rings. The van der Waals surface area contributed by atoms with Gasteiger partial charge >= 0.3 is 11.9 Å². The quantitative estimate of drug-likeness (QED) is 0.731. The highest BCUT2D eigenvalue weighted by Gasteiger charge is 2.16. The van der Waals surface area contributed by atoms with Crippen molar-refractivity contribution in [2.24, 2.45) is 0 Å². The Morgan fingerprint density at radius 2 is 1.65 bits per heavy atom. The highest BCUT2D eigenvalue weighted by Crippen LogP contribution is 2.26. The van der Waals surface area contributed by atoms with Gasteiger partial charge in [-0.2, -0.15) is 0 Å². The Bertz CT molecular complexity index is 559. The van der Waals surface area contributed by atoms with Gasteiger partial charge in [0.05, 0.1) is 38.4 Å². The zero-order chi connectivity index (χ0) is 17.2. The second kappa shape index (κ2) is 9.45. The van der Waals surface area contributed by atoms with Gasteiger partial charge in [0.1, 0.15) is 0 Å². The van der Waals surface area contributed by atoms with Crippen LogP contribution in [0.3, 0.4) is 0 Å². The summed E-state index contributed by atoms with van der Waals surface area (Å²) in [4.78, 5) is 35.9. The minimum Gasteiger partial charge on any atom is -0.469 e. The van der Waals surface area contributed by atoms with Crippen LogP contribution in [-0.4, -0.2) is 45.2 Å². The second-order valence-corrected chi connectivity index (χ2v) is 4.77. The number of benzene rings is 1. The van der Waals surface area contributed by atoms with E-state index in [-0.39, 0.29) is 37.2 Å². The average molecular weight is 322 g/mol. The molecule has 126 valence electrons. The van der Waals surface area contributed by atoms with Crippen molar-refractivity contribution in [1.29, 1.82) is 0 Å². The zero-order valence-electron chi connectivity index (χ0n) is 13.6. The molecule has 0 radical (unpaired) electrons. The molecule has 0 unspecified atom stereocenters. The third-order valence-corrected chi connectivity index (χ3v) is 3.21. The molecule has 0 fully saturated rings. The SMILES string of the molecule is COC(=O)CCNc1ccccc1N(CCC(=O)OC)C(C)=O. The Labute approximate surface area is 135 Å². The normalized spacial score (nSPS) is 9.87. The Kier molecular flexibility index (Phi) is 7.59. The van der Waals surface area contributed by atoms with E-state index in [2.05, 4.69) is 14.8 Å². The average Bonchev–Trinajstić information content (AvgIpc) is 2.55. The van der Waals surface area contributed by atoms with Crippen LogP contribution >= 0.6 is 0 Å². The summed E-state index contributed by atoms with van der Waals surface area (Å²) in [5, 5.41) is 3.10. The topological polar surface area (TPSA) is 84.9 Å². The largest absolute Gasteiger partial charge is 0.469 e. The fourth-order valence-corrected chi connectivity index (χ4v) is 2.01. The number of ether oxygens (including phenoxy) is 2. The Morgan fingerprint density at radius 3 is 2.26 bits per heavy atom. The van der Waals surface area contributed by atoms with Crippen LogP contribution < -0.4 is 10.2 Å². The van der Waals surface area contributed by atoms with Crippen LogP contribution in [0.2, 0.25) is 0 Å². The van der Waals surface area contributed by atoms with E-state index in [1.165, 1.54) is 26.0 Å². The molecule has 0 atom stereocenters. The summed E-state index contributed by atoms with van der Waals surface area (Å²) in [6.07, 6.45) is 0.319. The fraction of sp³-hybridized carbons (Fsp3) is 0.438. The zero-order valence-corrected chi connectivity index (χ0v) is 13.6. The predicted molar refractivity (Wildman–Crippen MR) is 86.2 cm³/mol. The first-order chi connectivity index (χ1) is 11.0. The molecule has 0 saturated carbocycles. The number of methoxy groups -OCH3 is 2. The van der Waals surface area contributed by atoms with Gasteiger partial charge in [0.2, 0.25) is 5.91 Å².